The average Bonchev–Trinajstić information content (AvgIpc) is 2.29. The van der Waals surface area contributed by atoms with Gasteiger partial charge in [-0.3, -0.25) is 4.79 Å². The van der Waals surface area contributed by atoms with Gasteiger partial charge in [-0.1, -0.05) is 0 Å². The Morgan fingerprint density at radius 3 is 1.69 bits per heavy atom. The van der Waals surface area contributed by atoms with Crippen LogP contribution in [0.3, 0.4) is 0 Å². The van der Waals surface area contributed by atoms with Crippen LogP contribution in [0.5, 0.6) is 5.75 Å². The fourth-order valence-corrected chi connectivity index (χ4v) is 0.870. The van der Waals surface area contributed by atoms with E-state index in [0.29, 0.717) is 0 Å². The minimum Gasteiger partial charge on any atom is -0.419 e. The summed E-state index contributed by atoms with van der Waals surface area (Å²) < 4.78 is 67.3. The zero-order valence-corrected chi connectivity index (χ0v) is 8.05. The number of carbonyl (C=O) groups excluding carboxylic acids is 1. The summed E-state index contributed by atoms with van der Waals surface area (Å²) in [6.45, 7) is 0. The van der Waals surface area contributed by atoms with E-state index in [1.54, 1.807) is 0 Å². The van der Waals surface area contributed by atoms with Gasteiger partial charge in [-0.05, 0) is 0 Å². The van der Waals surface area contributed by atoms with E-state index in [4.69, 9.17) is 11.6 Å². The number of ether oxygens (including phenoxy) is 1. The van der Waals surface area contributed by atoms with Gasteiger partial charge in [-0.25, -0.2) is 13.2 Å². The lowest BCUT2D eigenvalue weighted by molar-refractivity contribution is -0.132. The highest BCUT2D eigenvalue weighted by molar-refractivity contribution is 6.26. The molecule has 0 fully saturated rings. The molecule has 16 heavy (non-hydrogen) atoms. The summed E-state index contributed by atoms with van der Waals surface area (Å²) in [7, 11) is 0. The lowest BCUT2D eigenvalue weighted by atomic mass is 10.2. The molecule has 0 heterocycles. The number of rotatable bonds is 2. The fraction of sp³-hybridized carbons (Fsp3) is 0.125. The summed E-state index contributed by atoms with van der Waals surface area (Å²) >= 11 is 4.94. The molecule has 0 amide bonds. The number of hydrogen-bond acceptors (Lipinski definition) is 2. The summed E-state index contributed by atoms with van der Waals surface area (Å²) in [6, 6.07) is 0. The van der Waals surface area contributed by atoms with Crippen LogP contribution in [-0.2, 0) is 4.79 Å². The zero-order valence-electron chi connectivity index (χ0n) is 7.29. The molecular formula is C8H2ClF5O2. The highest BCUT2D eigenvalue weighted by Gasteiger charge is 2.28. The topological polar surface area (TPSA) is 26.3 Å². The molecule has 0 unspecified atom stereocenters. The molecule has 0 radical (unpaired) electrons. The number of alkyl halides is 1. The van der Waals surface area contributed by atoms with Crippen molar-refractivity contribution in [3.8, 4) is 5.75 Å². The monoisotopic (exact) mass is 260 g/mol. The third-order valence-electron chi connectivity index (χ3n) is 1.49. The number of esters is 1. The van der Waals surface area contributed by atoms with Crippen molar-refractivity contribution in [2.45, 2.75) is 0 Å². The molecular weight excluding hydrogens is 259 g/mol. The SMILES string of the molecule is O=C(CCl)Oc1c(F)c(F)c(F)c(F)c1F. The molecule has 0 bridgehead atoms. The molecule has 0 saturated heterocycles. The second-order valence-corrected chi connectivity index (χ2v) is 2.77. The van der Waals surface area contributed by atoms with Crippen molar-refractivity contribution in [1.29, 1.82) is 0 Å². The van der Waals surface area contributed by atoms with Gasteiger partial charge in [0.2, 0.25) is 34.8 Å². The average molecular weight is 261 g/mol. The molecule has 2 nitrogen and oxygen atoms in total. The second kappa shape index (κ2) is 4.65. The summed E-state index contributed by atoms with van der Waals surface area (Å²) in [5.41, 5.74) is 0. The van der Waals surface area contributed by atoms with E-state index in [1.165, 1.54) is 0 Å². The van der Waals surface area contributed by atoms with Crippen molar-refractivity contribution >= 4 is 17.6 Å². The summed E-state index contributed by atoms with van der Waals surface area (Å²) in [4.78, 5) is 10.6. The largest absolute Gasteiger partial charge is 0.419 e. The molecule has 0 saturated carbocycles. The van der Waals surface area contributed by atoms with Gasteiger partial charge in [-0.2, -0.15) is 8.78 Å². The molecule has 0 N–H and O–H groups in total. The first-order chi connectivity index (χ1) is 7.40. The van der Waals surface area contributed by atoms with E-state index in [1.807, 2.05) is 0 Å². The van der Waals surface area contributed by atoms with Crippen molar-refractivity contribution in [3.63, 3.8) is 0 Å². The molecule has 0 aliphatic rings. The van der Waals surface area contributed by atoms with Crippen LogP contribution in [0.4, 0.5) is 22.0 Å². The van der Waals surface area contributed by atoms with Crippen LogP contribution in [0, 0.1) is 29.1 Å². The minimum absolute atomic E-state index is 0.792. The first-order valence-corrected chi connectivity index (χ1v) is 4.21. The highest BCUT2D eigenvalue weighted by atomic mass is 35.5. The Balaban J connectivity index is 3.34. The van der Waals surface area contributed by atoms with Crippen LogP contribution in [-0.4, -0.2) is 11.8 Å². The maximum atomic E-state index is 12.9. The van der Waals surface area contributed by atoms with Gasteiger partial charge in [0, 0.05) is 0 Å². The molecule has 0 spiro atoms. The Morgan fingerprint density at radius 1 is 0.938 bits per heavy atom. The molecule has 0 aliphatic heterocycles. The molecule has 1 rings (SSSR count). The van der Waals surface area contributed by atoms with Gasteiger partial charge < -0.3 is 4.74 Å². The number of hydrogen-bond donors (Lipinski definition) is 0. The van der Waals surface area contributed by atoms with E-state index in [-0.39, 0.29) is 0 Å². The molecule has 1 aromatic carbocycles. The van der Waals surface area contributed by atoms with Crippen LogP contribution in [0.15, 0.2) is 0 Å². The van der Waals surface area contributed by atoms with Crippen LogP contribution in [0.25, 0.3) is 0 Å². The third kappa shape index (κ3) is 2.08. The molecule has 0 aromatic heterocycles. The van der Waals surface area contributed by atoms with E-state index in [9.17, 15) is 26.7 Å². The minimum atomic E-state index is -2.33. The predicted molar refractivity (Wildman–Crippen MR) is 42.6 cm³/mol. The summed E-state index contributed by atoms with van der Waals surface area (Å²) in [5, 5.41) is 0. The molecule has 1 aromatic rings. The summed E-state index contributed by atoms with van der Waals surface area (Å²) in [5.74, 6) is -15.0. The number of halogens is 6. The van der Waals surface area contributed by atoms with Gasteiger partial charge in [0.25, 0.3) is 0 Å². The van der Waals surface area contributed by atoms with Crippen molar-refractivity contribution in [1.82, 2.24) is 0 Å². The molecule has 0 atom stereocenters. The van der Waals surface area contributed by atoms with E-state index in [0.717, 1.165) is 0 Å². The molecule has 0 aliphatic carbocycles. The van der Waals surface area contributed by atoms with Gasteiger partial charge in [-0.15, -0.1) is 11.6 Å². The predicted octanol–water partition coefficient (Wildman–Crippen LogP) is 2.53. The van der Waals surface area contributed by atoms with Crippen molar-refractivity contribution in [2.24, 2.45) is 0 Å². The lowest BCUT2D eigenvalue weighted by Crippen LogP contribution is -2.14. The maximum absolute atomic E-state index is 12.9. The van der Waals surface area contributed by atoms with Gasteiger partial charge in [0.15, 0.2) is 0 Å². The smallest absolute Gasteiger partial charge is 0.326 e. The molecule has 8 heteroatoms. The number of carbonyl (C=O) groups is 1. The van der Waals surface area contributed by atoms with Crippen molar-refractivity contribution < 1.29 is 31.5 Å². The van der Waals surface area contributed by atoms with Crippen LogP contribution >= 0.6 is 11.6 Å². The van der Waals surface area contributed by atoms with Gasteiger partial charge >= 0.3 is 5.97 Å². The van der Waals surface area contributed by atoms with Crippen LogP contribution < -0.4 is 4.74 Å². The van der Waals surface area contributed by atoms with E-state index < -0.39 is 46.7 Å². The Kier molecular flexibility index (Phi) is 3.69. The maximum Gasteiger partial charge on any atom is 0.326 e. The van der Waals surface area contributed by atoms with Crippen molar-refractivity contribution in [2.75, 3.05) is 5.88 Å². The van der Waals surface area contributed by atoms with Gasteiger partial charge in [0.1, 0.15) is 5.88 Å². The number of benzene rings is 1. The normalized spacial score (nSPS) is 10.4. The molecule has 88 valence electrons. The van der Waals surface area contributed by atoms with E-state index in [2.05, 4.69) is 4.74 Å². The van der Waals surface area contributed by atoms with E-state index >= 15 is 0 Å². The quantitative estimate of drug-likeness (QED) is 0.204. The Labute approximate surface area is 90.6 Å². The highest BCUT2D eigenvalue weighted by Crippen LogP contribution is 2.29. The summed E-state index contributed by atoms with van der Waals surface area (Å²) in [6.07, 6.45) is 0. The van der Waals surface area contributed by atoms with Crippen molar-refractivity contribution in [3.05, 3.63) is 29.1 Å². The van der Waals surface area contributed by atoms with Gasteiger partial charge in [0.05, 0.1) is 0 Å². The lowest BCUT2D eigenvalue weighted by Gasteiger charge is -2.07. The zero-order chi connectivity index (χ0) is 12.5. The fourth-order valence-electron chi connectivity index (χ4n) is 0.815. The Bertz CT molecular complexity index is 420. The second-order valence-electron chi connectivity index (χ2n) is 2.51. The Hall–Kier alpha value is -1.37. The first-order valence-electron chi connectivity index (χ1n) is 3.68. The van der Waals surface area contributed by atoms with Crippen LogP contribution in [0.1, 0.15) is 0 Å². The third-order valence-corrected chi connectivity index (χ3v) is 1.71. The first kappa shape index (κ1) is 12.7. The Morgan fingerprint density at radius 2 is 1.31 bits per heavy atom. The standard InChI is InChI=1S/C8H2ClF5O2/c9-1-2(15)16-8-6(13)4(11)3(10)5(12)7(8)14/h1H2. The van der Waals surface area contributed by atoms with Crippen LogP contribution in [0.2, 0.25) is 0 Å².